The van der Waals surface area contributed by atoms with Gasteiger partial charge in [0.1, 0.15) is 11.5 Å². The van der Waals surface area contributed by atoms with Crippen LogP contribution in [0, 0.1) is 23.6 Å². The second-order valence-electron chi connectivity index (χ2n) is 7.27. The molecule has 0 unspecified atom stereocenters. The SMILES string of the molecule is O=C(C[C@@H]1C[C@H]2CC[C@H]1C2)NNC(=O)c1cncn1-c1ccc(F)cc1. The highest BCUT2D eigenvalue weighted by Crippen LogP contribution is 2.49. The highest BCUT2D eigenvalue weighted by atomic mass is 19.1. The molecule has 0 saturated heterocycles. The van der Waals surface area contributed by atoms with Crippen LogP contribution in [0.3, 0.4) is 0 Å². The molecule has 4 rings (SSSR count). The van der Waals surface area contributed by atoms with Crippen molar-refractivity contribution in [2.24, 2.45) is 17.8 Å². The summed E-state index contributed by atoms with van der Waals surface area (Å²) in [5.41, 5.74) is 5.83. The molecule has 2 aliphatic rings. The van der Waals surface area contributed by atoms with E-state index in [-0.39, 0.29) is 17.4 Å². The number of amides is 2. The number of aromatic nitrogens is 2. The average Bonchev–Trinajstić information content (AvgIpc) is 3.37. The lowest BCUT2D eigenvalue weighted by Gasteiger charge is -2.20. The van der Waals surface area contributed by atoms with Crippen LogP contribution in [0.2, 0.25) is 0 Å². The lowest BCUT2D eigenvalue weighted by molar-refractivity contribution is -0.123. The number of carbonyl (C=O) groups excluding carboxylic acids is 2. The fourth-order valence-electron chi connectivity index (χ4n) is 4.38. The van der Waals surface area contributed by atoms with Crippen LogP contribution in [0.5, 0.6) is 0 Å². The Kier molecular flexibility index (Phi) is 4.44. The summed E-state index contributed by atoms with van der Waals surface area (Å²) in [6.07, 6.45) is 8.24. The first-order chi connectivity index (χ1) is 12.6. The van der Waals surface area contributed by atoms with Crippen molar-refractivity contribution in [1.82, 2.24) is 20.4 Å². The predicted molar refractivity (Wildman–Crippen MR) is 92.7 cm³/mol. The molecule has 2 aromatic rings. The molecule has 3 atom stereocenters. The molecule has 2 N–H and O–H groups in total. The van der Waals surface area contributed by atoms with Gasteiger partial charge in [0.25, 0.3) is 5.91 Å². The van der Waals surface area contributed by atoms with Gasteiger partial charge in [-0.05, 0) is 61.3 Å². The molecule has 6 nitrogen and oxygen atoms in total. The second-order valence-corrected chi connectivity index (χ2v) is 7.27. The maximum atomic E-state index is 13.1. The zero-order valence-corrected chi connectivity index (χ0v) is 14.3. The molecule has 1 heterocycles. The van der Waals surface area contributed by atoms with Gasteiger partial charge < -0.3 is 0 Å². The van der Waals surface area contributed by atoms with Gasteiger partial charge in [0.2, 0.25) is 5.91 Å². The number of hydrogen-bond donors (Lipinski definition) is 2. The summed E-state index contributed by atoms with van der Waals surface area (Å²) in [6, 6.07) is 5.74. The molecule has 2 saturated carbocycles. The third-order valence-corrected chi connectivity index (χ3v) is 5.62. The molecule has 1 aromatic heterocycles. The van der Waals surface area contributed by atoms with E-state index in [0.29, 0.717) is 23.9 Å². The monoisotopic (exact) mass is 356 g/mol. The fourth-order valence-corrected chi connectivity index (χ4v) is 4.38. The van der Waals surface area contributed by atoms with E-state index in [4.69, 9.17) is 0 Å². The molecule has 1 aromatic carbocycles. The van der Waals surface area contributed by atoms with Crippen LogP contribution in [0.1, 0.15) is 42.6 Å². The lowest BCUT2D eigenvalue weighted by Crippen LogP contribution is -2.43. The summed E-state index contributed by atoms with van der Waals surface area (Å²) < 4.78 is 14.6. The van der Waals surface area contributed by atoms with Crippen LogP contribution in [-0.4, -0.2) is 21.4 Å². The van der Waals surface area contributed by atoms with Crippen LogP contribution >= 0.6 is 0 Å². The quantitative estimate of drug-likeness (QED) is 0.827. The zero-order chi connectivity index (χ0) is 18.1. The molecule has 2 amide bonds. The Bertz CT molecular complexity index is 817. The summed E-state index contributed by atoms with van der Waals surface area (Å²) in [7, 11) is 0. The van der Waals surface area contributed by atoms with E-state index in [1.54, 1.807) is 12.1 Å². The topological polar surface area (TPSA) is 76.0 Å². The van der Waals surface area contributed by atoms with Gasteiger partial charge in [-0.15, -0.1) is 0 Å². The largest absolute Gasteiger partial charge is 0.295 e. The number of carbonyl (C=O) groups is 2. The number of benzene rings is 1. The van der Waals surface area contributed by atoms with Crippen LogP contribution < -0.4 is 10.9 Å². The van der Waals surface area contributed by atoms with Crippen molar-refractivity contribution < 1.29 is 14.0 Å². The van der Waals surface area contributed by atoms with E-state index < -0.39 is 5.91 Å². The van der Waals surface area contributed by atoms with E-state index in [9.17, 15) is 14.0 Å². The summed E-state index contributed by atoms with van der Waals surface area (Å²) in [5.74, 6) is 0.916. The molecule has 2 aliphatic carbocycles. The molecule has 0 spiro atoms. The van der Waals surface area contributed by atoms with Gasteiger partial charge in [-0.3, -0.25) is 25.0 Å². The highest BCUT2D eigenvalue weighted by Gasteiger charge is 2.40. The molecule has 136 valence electrons. The number of rotatable bonds is 4. The first kappa shape index (κ1) is 16.8. The van der Waals surface area contributed by atoms with Crippen molar-refractivity contribution in [3.8, 4) is 5.69 Å². The van der Waals surface area contributed by atoms with Gasteiger partial charge in [0, 0.05) is 12.1 Å². The minimum Gasteiger partial charge on any atom is -0.295 e. The van der Waals surface area contributed by atoms with Crippen molar-refractivity contribution in [2.75, 3.05) is 0 Å². The fraction of sp³-hybridized carbons (Fsp3) is 0.421. The summed E-state index contributed by atoms with van der Waals surface area (Å²) in [5, 5.41) is 0. The van der Waals surface area contributed by atoms with E-state index >= 15 is 0 Å². The van der Waals surface area contributed by atoms with E-state index in [0.717, 1.165) is 12.3 Å². The average molecular weight is 356 g/mol. The van der Waals surface area contributed by atoms with Crippen LogP contribution in [0.4, 0.5) is 4.39 Å². The minimum atomic E-state index is -0.465. The van der Waals surface area contributed by atoms with Crippen molar-refractivity contribution in [3.63, 3.8) is 0 Å². The predicted octanol–water partition coefficient (Wildman–Crippen LogP) is 2.60. The first-order valence-corrected chi connectivity index (χ1v) is 8.97. The normalized spacial score (nSPS) is 23.8. The number of halogens is 1. The molecule has 26 heavy (non-hydrogen) atoms. The van der Waals surface area contributed by atoms with Crippen LogP contribution in [0.15, 0.2) is 36.8 Å². The van der Waals surface area contributed by atoms with Crippen molar-refractivity contribution in [3.05, 3.63) is 48.3 Å². The van der Waals surface area contributed by atoms with Crippen LogP contribution in [-0.2, 0) is 4.79 Å². The highest BCUT2D eigenvalue weighted by molar-refractivity contribution is 5.94. The number of fused-ring (bicyclic) bond motifs is 2. The molecule has 0 radical (unpaired) electrons. The van der Waals surface area contributed by atoms with Gasteiger partial charge in [-0.1, -0.05) is 6.42 Å². The lowest BCUT2D eigenvalue weighted by atomic mass is 9.86. The maximum Gasteiger partial charge on any atom is 0.288 e. The van der Waals surface area contributed by atoms with Crippen molar-refractivity contribution >= 4 is 11.8 Å². The molecule has 2 fully saturated rings. The number of nitrogens with zero attached hydrogens (tertiary/aromatic N) is 2. The Balaban J connectivity index is 1.34. The minimum absolute atomic E-state index is 0.163. The van der Waals surface area contributed by atoms with E-state index in [1.165, 1.54) is 48.5 Å². The number of hydrazine groups is 1. The zero-order valence-electron chi connectivity index (χ0n) is 14.3. The Morgan fingerprint density at radius 3 is 2.65 bits per heavy atom. The van der Waals surface area contributed by atoms with E-state index in [2.05, 4.69) is 15.8 Å². The van der Waals surface area contributed by atoms with Gasteiger partial charge in [-0.2, -0.15) is 0 Å². The maximum absolute atomic E-state index is 13.1. The number of imidazole rings is 1. The molecule has 0 aliphatic heterocycles. The van der Waals surface area contributed by atoms with Gasteiger partial charge in [0.05, 0.1) is 12.5 Å². The molecule has 2 bridgehead atoms. The third-order valence-electron chi connectivity index (χ3n) is 5.62. The Hall–Kier alpha value is -2.70. The molecular weight excluding hydrogens is 335 g/mol. The Labute approximate surface area is 150 Å². The van der Waals surface area contributed by atoms with Gasteiger partial charge in [0.15, 0.2) is 0 Å². The van der Waals surface area contributed by atoms with Crippen molar-refractivity contribution in [2.45, 2.75) is 32.1 Å². The third kappa shape index (κ3) is 3.34. The van der Waals surface area contributed by atoms with Gasteiger partial charge >= 0.3 is 0 Å². The number of nitrogens with one attached hydrogen (secondary N) is 2. The second kappa shape index (κ2) is 6.90. The van der Waals surface area contributed by atoms with Crippen LogP contribution in [0.25, 0.3) is 5.69 Å². The first-order valence-electron chi connectivity index (χ1n) is 8.97. The van der Waals surface area contributed by atoms with Gasteiger partial charge in [-0.25, -0.2) is 9.37 Å². The Morgan fingerprint density at radius 2 is 1.96 bits per heavy atom. The smallest absolute Gasteiger partial charge is 0.288 e. The van der Waals surface area contributed by atoms with E-state index in [1.807, 2.05) is 0 Å². The summed E-state index contributed by atoms with van der Waals surface area (Å²) in [6.45, 7) is 0. The summed E-state index contributed by atoms with van der Waals surface area (Å²) in [4.78, 5) is 28.5. The standard InChI is InChI=1S/C19H21FN4O2/c20-15-3-5-16(6-4-15)24-11-21-10-17(24)19(26)23-22-18(25)9-14-8-12-1-2-13(14)7-12/h3-6,10-14H,1-2,7-9H2,(H,22,25)(H,23,26)/t12-,13-,14-/m0/s1. The summed E-state index contributed by atoms with van der Waals surface area (Å²) >= 11 is 0. The number of hydrogen-bond acceptors (Lipinski definition) is 3. The molecular formula is C19H21FN4O2. The molecule has 7 heteroatoms. The van der Waals surface area contributed by atoms with Crippen molar-refractivity contribution in [1.29, 1.82) is 0 Å². The Morgan fingerprint density at radius 1 is 1.15 bits per heavy atom.